The first-order valence-electron chi connectivity index (χ1n) is 4.64. The van der Waals surface area contributed by atoms with Crippen molar-refractivity contribution in [2.75, 3.05) is 40.1 Å². The molecule has 0 aliphatic heterocycles. The Balaban J connectivity index is 0. The van der Waals surface area contributed by atoms with Gasteiger partial charge in [-0.25, -0.2) is 0 Å². The SMILES string of the molecule is CCCOCC(COCCO)OC.[Y]. The molecule has 0 rings (SSSR count). The topological polar surface area (TPSA) is 47.9 Å². The van der Waals surface area contributed by atoms with Gasteiger partial charge in [0.05, 0.1) is 26.4 Å². The van der Waals surface area contributed by atoms with Gasteiger partial charge in [-0.2, -0.15) is 0 Å². The third-order valence-corrected chi connectivity index (χ3v) is 1.52. The number of aliphatic hydroxyl groups is 1. The van der Waals surface area contributed by atoms with Gasteiger partial charge in [-0.05, 0) is 6.42 Å². The van der Waals surface area contributed by atoms with Crippen LogP contribution in [0.5, 0.6) is 0 Å². The fourth-order valence-electron chi connectivity index (χ4n) is 0.823. The van der Waals surface area contributed by atoms with Crippen LogP contribution in [0, 0.1) is 0 Å². The maximum atomic E-state index is 8.47. The largest absolute Gasteiger partial charge is 0.394 e. The summed E-state index contributed by atoms with van der Waals surface area (Å²) in [5.74, 6) is 0. The molecule has 0 bridgehead atoms. The Bertz CT molecular complexity index is 92.8. The number of hydrogen-bond donors (Lipinski definition) is 1. The molecule has 0 aliphatic rings. The number of hydrogen-bond acceptors (Lipinski definition) is 4. The van der Waals surface area contributed by atoms with E-state index in [0.29, 0.717) is 19.8 Å². The number of ether oxygens (including phenoxy) is 3. The van der Waals surface area contributed by atoms with Gasteiger partial charge in [-0.15, -0.1) is 0 Å². The Morgan fingerprint density at radius 1 is 1.14 bits per heavy atom. The van der Waals surface area contributed by atoms with Crippen LogP contribution in [-0.4, -0.2) is 51.4 Å². The number of aliphatic hydroxyl groups excluding tert-OH is 1. The normalized spacial score (nSPS) is 12.2. The molecule has 1 N–H and O–H groups in total. The Morgan fingerprint density at radius 3 is 2.14 bits per heavy atom. The molecule has 0 saturated carbocycles. The van der Waals surface area contributed by atoms with Gasteiger partial charge in [0, 0.05) is 46.4 Å². The molecule has 4 nitrogen and oxygen atoms in total. The molecule has 0 aliphatic carbocycles. The van der Waals surface area contributed by atoms with Crippen LogP contribution >= 0.6 is 0 Å². The Morgan fingerprint density at radius 2 is 1.71 bits per heavy atom. The summed E-state index contributed by atoms with van der Waals surface area (Å²) in [5, 5.41) is 8.47. The average Bonchev–Trinajstić information content (AvgIpc) is 2.16. The van der Waals surface area contributed by atoms with Crippen molar-refractivity contribution in [3.8, 4) is 0 Å². The molecule has 0 fully saturated rings. The van der Waals surface area contributed by atoms with Crippen LogP contribution in [0.2, 0.25) is 0 Å². The van der Waals surface area contributed by atoms with Crippen LogP contribution in [0.15, 0.2) is 0 Å². The predicted octanol–water partition coefficient (Wildman–Crippen LogP) is 0.434. The number of rotatable bonds is 9. The molecule has 1 atom stereocenters. The van der Waals surface area contributed by atoms with Crippen LogP contribution in [-0.2, 0) is 46.9 Å². The minimum atomic E-state index is -0.0295. The molecule has 0 saturated heterocycles. The first-order chi connectivity index (χ1) is 6.35. The number of methoxy groups -OCH3 is 1. The summed E-state index contributed by atoms with van der Waals surface area (Å²) in [4.78, 5) is 0. The Labute approximate surface area is 111 Å². The van der Waals surface area contributed by atoms with Gasteiger partial charge in [0.25, 0.3) is 0 Å². The van der Waals surface area contributed by atoms with Crippen LogP contribution in [0.4, 0.5) is 0 Å². The Kier molecular flexibility index (Phi) is 17.3. The summed E-state index contributed by atoms with van der Waals surface area (Å²) in [6, 6.07) is 0. The van der Waals surface area contributed by atoms with Crippen LogP contribution < -0.4 is 0 Å². The summed E-state index contributed by atoms with van der Waals surface area (Å²) < 4.78 is 15.5. The van der Waals surface area contributed by atoms with Gasteiger partial charge in [-0.3, -0.25) is 0 Å². The third-order valence-electron chi connectivity index (χ3n) is 1.52. The summed E-state index contributed by atoms with van der Waals surface area (Å²) in [5.41, 5.74) is 0. The molecule has 1 radical (unpaired) electrons. The van der Waals surface area contributed by atoms with Crippen molar-refractivity contribution in [1.29, 1.82) is 0 Å². The van der Waals surface area contributed by atoms with E-state index in [2.05, 4.69) is 6.92 Å². The molecule has 14 heavy (non-hydrogen) atoms. The molecule has 0 aromatic heterocycles. The van der Waals surface area contributed by atoms with E-state index in [-0.39, 0.29) is 45.4 Å². The molecular formula is C9H20O4Y. The quantitative estimate of drug-likeness (QED) is 0.623. The zero-order valence-electron chi connectivity index (χ0n) is 9.07. The van der Waals surface area contributed by atoms with Gasteiger partial charge in [0.15, 0.2) is 0 Å². The second-order valence-electron chi connectivity index (χ2n) is 2.73. The van der Waals surface area contributed by atoms with Gasteiger partial charge in [-0.1, -0.05) is 6.92 Å². The molecular weight excluding hydrogens is 261 g/mol. The van der Waals surface area contributed by atoms with Crippen LogP contribution in [0.25, 0.3) is 0 Å². The smallest absolute Gasteiger partial charge is 0.104 e. The second kappa shape index (κ2) is 13.9. The zero-order valence-corrected chi connectivity index (χ0v) is 11.9. The van der Waals surface area contributed by atoms with Crippen molar-refractivity contribution in [3.63, 3.8) is 0 Å². The van der Waals surface area contributed by atoms with E-state index in [1.165, 1.54) is 0 Å². The fraction of sp³-hybridized carbons (Fsp3) is 1.00. The molecule has 0 aromatic carbocycles. The molecule has 83 valence electrons. The van der Waals surface area contributed by atoms with Crippen molar-refractivity contribution in [1.82, 2.24) is 0 Å². The molecule has 0 heterocycles. The molecule has 0 amide bonds. The van der Waals surface area contributed by atoms with Crippen molar-refractivity contribution in [2.45, 2.75) is 19.4 Å². The van der Waals surface area contributed by atoms with E-state index < -0.39 is 0 Å². The van der Waals surface area contributed by atoms with Crippen LogP contribution in [0.1, 0.15) is 13.3 Å². The fourth-order valence-corrected chi connectivity index (χ4v) is 0.823. The molecule has 1 unspecified atom stereocenters. The summed E-state index contributed by atoms with van der Waals surface area (Å²) >= 11 is 0. The van der Waals surface area contributed by atoms with Crippen molar-refractivity contribution in [2.24, 2.45) is 0 Å². The maximum Gasteiger partial charge on any atom is 0.104 e. The maximum absolute atomic E-state index is 8.47. The molecule has 0 aromatic rings. The first kappa shape index (κ1) is 17.3. The van der Waals surface area contributed by atoms with Gasteiger partial charge >= 0.3 is 0 Å². The van der Waals surface area contributed by atoms with E-state index in [9.17, 15) is 0 Å². The van der Waals surface area contributed by atoms with E-state index in [1.54, 1.807) is 7.11 Å². The third kappa shape index (κ3) is 11.0. The second-order valence-corrected chi connectivity index (χ2v) is 2.73. The van der Waals surface area contributed by atoms with E-state index >= 15 is 0 Å². The summed E-state index contributed by atoms with van der Waals surface area (Å²) in [6.45, 7) is 4.24. The zero-order chi connectivity index (χ0) is 9.94. The Hall–Kier alpha value is 0.944. The molecule has 0 spiro atoms. The van der Waals surface area contributed by atoms with Gasteiger partial charge in [0.2, 0.25) is 0 Å². The predicted molar refractivity (Wildman–Crippen MR) is 49.8 cm³/mol. The van der Waals surface area contributed by atoms with Crippen molar-refractivity contribution < 1.29 is 52.0 Å². The first-order valence-corrected chi connectivity index (χ1v) is 4.64. The van der Waals surface area contributed by atoms with E-state index in [4.69, 9.17) is 19.3 Å². The van der Waals surface area contributed by atoms with Crippen LogP contribution in [0.3, 0.4) is 0 Å². The van der Waals surface area contributed by atoms with Crippen molar-refractivity contribution in [3.05, 3.63) is 0 Å². The minimum absolute atomic E-state index is 0. The monoisotopic (exact) mass is 281 g/mol. The standard InChI is InChI=1S/C9H20O4.Y/c1-3-5-12-7-9(11-2)8-13-6-4-10;/h9-10H,3-8H2,1-2H3;. The summed E-state index contributed by atoms with van der Waals surface area (Å²) in [6.07, 6.45) is 0.978. The average molecular weight is 281 g/mol. The summed E-state index contributed by atoms with van der Waals surface area (Å²) in [7, 11) is 1.63. The molecule has 5 heteroatoms. The van der Waals surface area contributed by atoms with Crippen molar-refractivity contribution >= 4 is 0 Å². The van der Waals surface area contributed by atoms with Gasteiger partial charge < -0.3 is 19.3 Å². The minimum Gasteiger partial charge on any atom is -0.394 e. The van der Waals surface area contributed by atoms with E-state index in [1.807, 2.05) is 0 Å². The van der Waals surface area contributed by atoms with E-state index in [0.717, 1.165) is 13.0 Å². The van der Waals surface area contributed by atoms with Gasteiger partial charge in [0.1, 0.15) is 6.10 Å².